The van der Waals surface area contributed by atoms with Gasteiger partial charge in [0.15, 0.2) is 0 Å². The van der Waals surface area contributed by atoms with Crippen molar-refractivity contribution in [3.63, 3.8) is 0 Å². The van der Waals surface area contributed by atoms with E-state index in [-0.39, 0.29) is 40.7 Å². The number of rotatable bonds is 8. The summed E-state index contributed by atoms with van der Waals surface area (Å²) in [6.45, 7) is 11.4. The van der Waals surface area contributed by atoms with Crippen molar-refractivity contribution >= 4 is 17.5 Å². The van der Waals surface area contributed by atoms with Crippen LogP contribution < -0.4 is 21.5 Å². The Morgan fingerprint density at radius 2 is 1.85 bits per heavy atom. The molecular formula is C31H43FN6O3. The third kappa shape index (κ3) is 6.88. The van der Waals surface area contributed by atoms with Gasteiger partial charge in [0.2, 0.25) is 11.8 Å². The second-order valence-electron chi connectivity index (χ2n) is 12.9. The monoisotopic (exact) mass is 566 g/mol. The van der Waals surface area contributed by atoms with Gasteiger partial charge < -0.3 is 25.8 Å². The van der Waals surface area contributed by atoms with Crippen LogP contribution in [0.4, 0.5) is 10.1 Å². The summed E-state index contributed by atoms with van der Waals surface area (Å²) in [5, 5.41) is 3.58. The summed E-state index contributed by atoms with van der Waals surface area (Å²) < 4.78 is 13.4. The van der Waals surface area contributed by atoms with Crippen LogP contribution in [0.25, 0.3) is 0 Å². The number of aromatic nitrogens is 1. The molecule has 5 rings (SSSR count). The predicted molar refractivity (Wildman–Crippen MR) is 157 cm³/mol. The number of carbonyl (C=O) groups is 2. The number of nitrogens with zero attached hydrogens (tertiary/aromatic N) is 3. The first-order valence-corrected chi connectivity index (χ1v) is 14.8. The topological polar surface area (TPSA) is 115 Å². The summed E-state index contributed by atoms with van der Waals surface area (Å²) in [5.41, 5.74) is 7.77. The fraction of sp³-hybridized carbons (Fsp3) is 0.581. The lowest BCUT2D eigenvalue weighted by Crippen LogP contribution is -2.61. The van der Waals surface area contributed by atoms with E-state index in [4.69, 9.17) is 5.73 Å². The van der Waals surface area contributed by atoms with Gasteiger partial charge in [-0.05, 0) is 62.5 Å². The van der Waals surface area contributed by atoms with E-state index in [1.165, 1.54) is 12.1 Å². The number of benzene rings is 1. The molecule has 1 aromatic heterocycles. The minimum atomic E-state index is -0.385. The lowest BCUT2D eigenvalue weighted by atomic mass is 9.91. The van der Waals surface area contributed by atoms with Crippen LogP contribution in [0.1, 0.15) is 56.9 Å². The van der Waals surface area contributed by atoms with Gasteiger partial charge in [-0.15, -0.1) is 0 Å². The summed E-state index contributed by atoms with van der Waals surface area (Å²) in [6, 6.07) is 8.47. The highest BCUT2D eigenvalue weighted by atomic mass is 19.1. The highest BCUT2D eigenvalue weighted by Gasteiger charge is 2.41. The van der Waals surface area contributed by atoms with Crippen LogP contribution in [-0.2, 0) is 21.4 Å². The largest absolute Gasteiger partial charge is 0.370 e. The number of anilines is 1. The minimum absolute atomic E-state index is 0.0240. The molecule has 2 atom stereocenters. The molecule has 4 N–H and O–H groups in total. The quantitative estimate of drug-likeness (QED) is 0.450. The second-order valence-corrected chi connectivity index (χ2v) is 12.9. The molecule has 2 amide bonds. The number of halogens is 1. The van der Waals surface area contributed by atoms with Crippen molar-refractivity contribution in [3.05, 3.63) is 63.3 Å². The zero-order chi connectivity index (χ0) is 29.3. The smallest absolute Gasteiger partial charge is 0.251 e. The lowest BCUT2D eigenvalue weighted by molar-refractivity contribution is -0.121. The SMILES string of the molecule is C[C@@H]1CN(CC(=O)N2CC(C)(C)c3[nH]c(=O)c(Cc4ccc(F)cc4)cc32)[C@@H](CN2CCC(CC(N)=O)CC2)CN1. The molecule has 0 aliphatic carbocycles. The molecule has 41 heavy (non-hydrogen) atoms. The highest BCUT2D eigenvalue weighted by molar-refractivity contribution is 5.97. The molecule has 2 fully saturated rings. The van der Waals surface area contributed by atoms with Crippen LogP contribution in [0.3, 0.4) is 0 Å². The number of pyridine rings is 1. The summed E-state index contributed by atoms with van der Waals surface area (Å²) in [7, 11) is 0. The molecule has 2 aromatic rings. The fourth-order valence-corrected chi connectivity index (χ4v) is 6.65. The number of nitrogens with two attached hydrogens (primary N) is 1. The number of primary amides is 1. The number of likely N-dealkylation sites (tertiary alicyclic amines) is 1. The van der Waals surface area contributed by atoms with Gasteiger partial charge >= 0.3 is 0 Å². The molecule has 0 radical (unpaired) electrons. The van der Waals surface area contributed by atoms with Crippen molar-refractivity contribution in [2.45, 2.75) is 64.0 Å². The van der Waals surface area contributed by atoms with Crippen LogP contribution >= 0.6 is 0 Å². The van der Waals surface area contributed by atoms with Crippen LogP contribution in [-0.4, -0.2) is 84.5 Å². The van der Waals surface area contributed by atoms with Gasteiger partial charge in [0.05, 0.1) is 12.2 Å². The third-order valence-corrected chi connectivity index (χ3v) is 8.96. The number of hydrogen-bond acceptors (Lipinski definition) is 6. The Hall–Kier alpha value is -3.08. The van der Waals surface area contributed by atoms with E-state index >= 15 is 0 Å². The van der Waals surface area contributed by atoms with Gasteiger partial charge in [-0.2, -0.15) is 0 Å². The summed E-state index contributed by atoms with van der Waals surface area (Å²) in [4.78, 5) is 47.9. The molecule has 222 valence electrons. The first-order valence-electron chi connectivity index (χ1n) is 14.8. The van der Waals surface area contributed by atoms with E-state index in [1.807, 2.05) is 24.8 Å². The molecule has 3 aliphatic rings. The molecule has 0 unspecified atom stereocenters. The van der Waals surface area contributed by atoms with E-state index in [2.05, 4.69) is 27.0 Å². The molecular weight excluding hydrogens is 523 g/mol. The third-order valence-electron chi connectivity index (χ3n) is 8.96. The van der Waals surface area contributed by atoms with Crippen molar-refractivity contribution in [1.82, 2.24) is 20.1 Å². The molecule has 0 bridgehead atoms. The Labute approximate surface area is 241 Å². The van der Waals surface area contributed by atoms with Crippen LogP contribution in [0, 0.1) is 11.7 Å². The van der Waals surface area contributed by atoms with Crippen molar-refractivity contribution in [3.8, 4) is 0 Å². The molecule has 4 heterocycles. The zero-order valence-electron chi connectivity index (χ0n) is 24.4. The van der Waals surface area contributed by atoms with E-state index in [1.54, 1.807) is 12.1 Å². The maximum Gasteiger partial charge on any atom is 0.251 e. The predicted octanol–water partition coefficient (Wildman–Crippen LogP) is 1.98. The van der Waals surface area contributed by atoms with Crippen molar-refractivity contribution in [1.29, 1.82) is 0 Å². The van der Waals surface area contributed by atoms with Crippen molar-refractivity contribution < 1.29 is 14.0 Å². The first kappa shape index (κ1) is 29.4. The molecule has 10 heteroatoms. The summed E-state index contributed by atoms with van der Waals surface area (Å²) in [6.07, 6.45) is 2.76. The number of fused-ring (bicyclic) bond motifs is 1. The Bertz CT molecular complexity index is 1320. The molecule has 3 aliphatic heterocycles. The Morgan fingerprint density at radius 1 is 1.15 bits per heavy atom. The standard InChI is InChI=1S/C31H43FN6O3/c1-20-16-37(25(15-34-20)17-36-10-8-22(9-11-36)13-27(33)39)18-28(40)38-19-31(2,3)29-26(38)14-23(30(41)35-29)12-21-4-6-24(32)7-5-21/h4-7,14,20,22,25,34H,8-13,15-19H2,1-3H3,(H2,33,39)(H,35,41)/t20-,25-/m1/s1. The normalized spacial score (nSPS) is 23.5. The Balaban J connectivity index is 1.30. The molecule has 2 saturated heterocycles. The Morgan fingerprint density at radius 3 is 2.54 bits per heavy atom. The van der Waals surface area contributed by atoms with E-state index in [0.717, 1.165) is 62.5 Å². The molecule has 0 spiro atoms. The number of piperidine rings is 1. The number of nitrogens with one attached hydrogen (secondary N) is 2. The van der Waals surface area contributed by atoms with E-state index < -0.39 is 0 Å². The van der Waals surface area contributed by atoms with Crippen LogP contribution in [0.5, 0.6) is 0 Å². The average Bonchev–Trinajstić information content (AvgIpc) is 3.17. The van der Waals surface area contributed by atoms with E-state index in [0.29, 0.717) is 37.4 Å². The summed E-state index contributed by atoms with van der Waals surface area (Å²) >= 11 is 0. The second kappa shape index (κ2) is 12.0. The van der Waals surface area contributed by atoms with Crippen molar-refractivity contribution in [2.75, 3.05) is 50.7 Å². The van der Waals surface area contributed by atoms with E-state index in [9.17, 15) is 18.8 Å². The van der Waals surface area contributed by atoms with Crippen LogP contribution in [0.15, 0.2) is 35.1 Å². The van der Waals surface area contributed by atoms with Crippen LogP contribution in [0.2, 0.25) is 0 Å². The minimum Gasteiger partial charge on any atom is -0.370 e. The average molecular weight is 567 g/mol. The van der Waals surface area contributed by atoms with Gasteiger partial charge in [0.25, 0.3) is 5.56 Å². The van der Waals surface area contributed by atoms with Gasteiger partial charge in [-0.3, -0.25) is 19.3 Å². The maximum absolute atomic E-state index is 13.9. The fourth-order valence-electron chi connectivity index (χ4n) is 6.65. The molecule has 9 nitrogen and oxygen atoms in total. The number of piperazine rings is 1. The highest BCUT2D eigenvalue weighted by Crippen LogP contribution is 2.39. The molecule has 1 aromatic carbocycles. The van der Waals surface area contributed by atoms with Gasteiger partial charge in [0.1, 0.15) is 5.82 Å². The molecule has 0 saturated carbocycles. The number of amides is 2. The van der Waals surface area contributed by atoms with Gasteiger partial charge in [-0.25, -0.2) is 4.39 Å². The van der Waals surface area contributed by atoms with Crippen molar-refractivity contribution in [2.24, 2.45) is 11.7 Å². The summed E-state index contributed by atoms with van der Waals surface area (Å²) in [5.74, 6) is -0.153. The maximum atomic E-state index is 13.9. The first-order chi connectivity index (χ1) is 19.5. The van der Waals surface area contributed by atoms with Gasteiger partial charge in [0, 0.05) is 67.8 Å². The van der Waals surface area contributed by atoms with Gasteiger partial charge in [-0.1, -0.05) is 26.0 Å². The number of hydrogen-bond donors (Lipinski definition) is 3. The number of carbonyl (C=O) groups excluding carboxylic acids is 2. The zero-order valence-corrected chi connectivity index (χ0v) is 24.4. The number of aromatic amines is 1. The lowest BCUT2D eigenvalue weighted by Gasteiger charge is -2.43. The Kier molecular flexibility index (Phi) is 8.63. The number of H-pyrrole nitrogens is 1.